The molecule has 2 aliphatic heterocycles. The molecule has 1 aromatic carbocycles. The largest absolute Gasteiger partial charge is 0.508 e. The first kappa shape index (κ1) is 20.3. The van der Waals surface area contributed by atoms with Crippen LogP contribution in [0.2, 0.25) is 0 Å². The lowest BCUT2D eigenvalue weighted by molar-refractivity contribution is -0.150. The highest BCUT2D eigenvalue weighted by Gasteiger charge is 2.54. The number of carbonyl (C=O) groups excluding carboxylic acids is 2. The first-order valence-electron chi connectivity index (χ1n) is 8.90. The first-order chi connectivity index (χ1) is 14.4. The number of amides is 2. The van der Waals surface area contributed by atoms with Crippen LogP contribution in [0.25, 0.3) is 0 Å². The minimum absolute atomic E-state index is 0.0243. The second-order valence-electron chi connectivity index (χ2n) is 6.65. The molecule has 1 saturated heterocycles. The number of phenolic OH excluding ortho intramolecular Hbond substituents is 1. The number of aromatic amines is 1. The Morgan fingerprint density at radius 3 is 2.77 bits per heavy atom. The summed E-state index contributed by atoms with van der Waals surface area (Å²) in [4.78, 5) is 38.1. The Labute approximate surface area is 179 Å². The van der Waals surface area contributed by atoms with Gasteiger partial charge in [0.15, 0.2) is 0 Å². The van der Waals surface area contributed by atoms with Crippen LogP contribution in [0.15, 0.2) is 46.8 Å². The number of phenols is 1. The number of aliphatic carboxylic acids is 1. The Morgan fingerprint density at radius 1 is 1.33 bits per heavy atom. The summed E-state index contributed by atoms with van der Waals surface area (Å²) < 4.78 is 0. The molecule has 0 spiro atoms. The molecule has 12 heteroatoms. The van der Waals surface area contributed by atoms with Gasteiger partial charge in [0.2, 0.25) is 5.91 Å². The molecule has 4 N–H and O–H groups in total. The maximum Gasteiger partial charge on any atom is 0.352 e. The minimum Gasteiger partial charge on any atom is -0.508 e. The fraction of sp³-hybridized carbons (Fsp3) is 0.278. The van der Waals surface area contributed by atoms with E-state index in [0.717, 1.165) is 0 Å². The van der Waals surface area contributed by atoms with Crippen molar-refractivity contribution in [1.29, 1.82) is 0 Å². The molecule has 3 heterocycles. The number of rotatable bonds is 7. The number of H-pyrrole nitrogens is 1. The summed E-state index contributed by atoms with van der Waals surface area (Å²) in [6.07, 6.45) is 1.60. The maximum absolute atomic E-state index is 12.7. The SMILES string of the molecule is O=C(Cc1ccc(O)cc1)NC1C(=O)N2C(C(=O)O)=C(CSc3cn[nH]n3)CS[C@H]12. The molecule has 2 amide bonds. The van der Waals surface area contributed by atoms with Gasteiger partial charge in [0.1, 0.15) is 27.9 Å². The van der Waals surface area contributed by atoms with E-state index in [4.69, 9.17) is 0 Å². The van der Waals surface area contributed by atoms with Gasteiger partial charge in [-0.05, 0) is 23.3 Å². The summed E-state index contributed by atoms with van der Waals surface area (Å²) in [5.41, 5.74) is 1.30. The molecule has 4 rings (SSSR count). The van der Waals surface area contributed by atoms with Gasteiger partial charge in [0.25, 0.3) is 5.91 Å². The molecular weight excluding hydrogens is 430 g/mol. The molecule has 156 valence electrons. The van der Waals surface area contributed by atoms with E-state index in [1.807, 2.05) is 0 Å². The standard InChI is InChI=1S/C18H17N5O5S2/c24-11-3-1-9(2-4-11)5-12(25)20-14-16(26)23-15(18(27)28)10(8-30-17(14)23)7-29-13-6-19-22-21-13/h1-4,6,14,17,24H,5,7-8H2,(H,20,25)(H,27,28)(H,19,21,22)/t14?,17-/m1/s1. The maximum atomic E-state index is 12.7. The zero-order valence-corrected chi connectivity index (χ0v) is 17.1. The van der Waals surface area contributed by atoms with E-state index < -0.39 is 23.3 Å². The van der Waals surface area contributed by atoms with Gasteiger partial charge in [-0.1, -0.05) is 23.9 Å². The number of β-lactam (4-membered cyclic amide) rings is 1. The van der Waals surface area contributed by atoms with E-state index in [0.29, 0.717) is 27.7 Å². The quantitative estimate of drug-likeness (QED) is 0.353. The molecule has 0 saturated carbocycles. The number of hydrogen-bond donors (Lipinski definition) is 4. The second kappa shape index (κ2) is 8.40. The Bertz CT molecular complexity index is 1010. The molecule has 2 aromatic rings. The number of benzene rings is 1. The summed E-state index contributed by atoms with van der Waals surface area (Å²) in [6, 6.07) is 5.46. The average molecular weight is 447 g/mol. The third-order valence-electron chi connectivity index (χ3n) is 4.65. The number of aromatic hydroxyl groups is 1. The van der Waals surface area contributed by atoms with Gasteiger partial charge in [-0.3, -0.25) is 14.5 Å². The molecule has 2 aliphatic rings. The number of aromatic nitrogens is 3. The van der Waals surface area contributed by atoms with Crippen molar-refractivity contribution in [1.82, 2.24) is 25.6 Å². The molecule has 0 bridgehead atoms. The number of thioether (sulfide) groups is 2. The van der Waals surface area contributed by atoms with Gasteiger partial charge >= 0.3 is 5.97 Å². The molecule has 0 aliphatic carbocycles. The molecule has 1 aromatic heterocycles. The van der Waals surface area contributed by atoms with E-state index in [2.05, 4.69) is 20.7 Å². The zero-order valence-electron chi connectivity index (χ0n) is 15.4. The topological polar surface area (TPSA) is 149 Å². The number of carbonyl (C=O) groups is 3. The van der Waals surface area contributed by atoms with E-state index >= 15 is 0 Å². The Balaban J connectivity index is 1.42. The normalized spacial score (nSPS) is 20.5. The van der Waals surface area contributed by atoms with Gasteiger partial charge in [-0.15, -0.1) is 16.9 Å². The third kappa shape index (κ3) is 4.00. The molecule has 10 nitrogen and oxygen atoms in total. The Hall–Kier alpha value is -2.99. The third-order valence-corrected chi connectivity index (χ3v) is 6.98. The number of carboxylic acids is 1. The highest BCUT2D eigenvalue weighted by atomic mass is 32.2. The number of nitrogens with zero attached hydrogens (tertiary/aromatic N) is 3. The van der Waals surface area contributed by atoms with Crippen LogP contribution < -0.4 is 5.32 Å². The van der Waals surface area contributed by atoms with Crippen molar-refractivity contribution in [2.24, 2.45) is 0 Å². The summed E-state index contributed by atoms with van der Waals surface area (Å²) >= 11 is 2.75. The van der Waals surface area contributed by atoms with Crippen molar-refractivity contribution in [3.8, 4) is 5.75 Å². The van der Waals surface area contributed by atoms with E-state index in [1.54, 1.807) is 18.3 Å². The Morgan fingerprint density at radius 2 is 2.10 bits per heavy atom. The summed E-state index contributed by atoms with van der Waals surface area (Å²) in [6.45, 7) is 0. The highest BCUT2D eigenvalue weighted by molar-refractivity contribution is 8.01. The lowest BCUT2D eigenvalue weighted by Crippen LogP contribution is -2.70. The minimum atomic E-state index is -1.17. The predicted octanol–water partition coefficient (Wildman–Crippen LogP) is 0.584. The van der Waals surface area contributed by atoms with Crippen LogP contribution in [0.1, 0.15) is 5.56 Å². The van der Waals surface area contributed by atoms with Crippen LogP contribution in [0.3, 0.4) is 0 Å². The van der Waals surface area contributed by atoms with Gasteiger partial charge < -0.3 is 15.5 Å². The van der Waals surface area contributed by atoms with Crippen molar-refractivity contribution in [3.05, 3.63) is 47.3 Å². The molecule has 0 radical (unpaired) electrons. The van der Waals surface area contributed by atoms with Crippen LogP contribution in [0, 0.1) is 0 Å². The van der Waals surface area contributed by atoms with Crippen LogP contribution in [-0.4, -0.2) is 71.2 Å². The number of fused-ring (bicyclic) bond motifs is 1. The van der Waals surface area contributed by atoms with E-state index in [-0.39, 0.29) is 23.8 Å². The van der Waals surface area contributed by atoms with Crippen molar-refractivity contribution in [2.45, 2.75) is 22.9 Å². The smallest absolute Gasteiger partial charge is 0.352 e. The van der Waals surface area contributed by atoms with Gasteiger partial charge in [-0.25, -0.2) is 4.79 Å². The fourth-order valence-electron chi connectivity index (χ4n) is 3.24. The van der Waals surface area contributed by atoms with Gasteiger partial charge in [0.05, 0.1) is 12.6 Å². The van der Waals surface area contributed by atoms with Crippen LogP contribution in [0.5, 0.6) is 5.75 Å². The second-order valence-corrected chi connectivity index (χ2v) is 8.75. The molecular formula is C18H17N5O5S2. The van der Waals surface area contributed by atoms with E-state index in [9.17, 15) is 24.6 Å². The van der Waals surface area contributed by atoms with Crippen LogP contribution in [-0.2, 0) is 20.8 Å². The van der Waals surface area contributed by atoms with Crippen molar-refractivity contribution in [2.75, 3.05) is 11.5 Å². The van der Waals surface area contributed by atoms with Crippen LogP contribution >= 0.6 is 23.5 Å². The zero-order chi connectivity index (χ0) is 21.3. The molecule has 2 atom stereocenters. The predicted molar refractivity (Wildman–Crippen MR) is 109 cm³/mol. The van der Waals surface area contributed by atoms with Crippen molar-refractivity contribution >= 4 is 41.3 Å². The summed E-state index contributed by atoms with van der Waals surface area (Å²) in [7, 11) is 0. The molecule has 1 fully saturated rings. The van der Waals surface area contributed by atoms with E-state index in [1.165, 1.54) is 40.6 Å². The number of hydrogen-bond acceptors (Lipinski definition) is 8. The van der Waals surface area contributed by atoms with Crippen LogP contribution in [0.4, 0.5) is 0 Å². The van der Waals surface area contributed by atoms with Gasteiger partial charge in [0, 0.05) is 11.5 Å². The Kier molecular flexibility index (Phi) is 5.68. The first-order valence-corrected chi connectivity index (χ1v) is 10.9. The van der Waals surface area contributed by atoms with Crippen molar-refractivity contribution in [3.63, 3.8) is 0 Å². The molecule has 1 unspecified atom stereocenters. The fourth-order valence-corrected chi connectivity index (χ4v) is 5.51. The lowest BCUT2D eigenvalue weighted by atomic mass is 10.0. The summed E-state index contributed by atoms with van der Waals surface area (Å²) in [5.74, 6) is -1.03. The number of carboxylic acid groups (broad SMARTS) is 1. The number of nitrogens with one attached hydrogen (secondary N) is 2. The van der Waals surface area contributed by atoms with Gasteiger partial charge in [-0.2, -0.15) is 10.3 Å². The summed E-state index contributed by atoms with van der Waals surface area (Å²) in [5, 5.41) is 32.0. The highest BCUT2D eigenvalue weighted by Crippen LogP contribution is 2.41. The van der Waals surface area contributed by atoms with Crippen molar-refractivity contribution < 1.29 is 24.6 Å². The average Bonchev–Trinajstić information content (AvgIpc) is 3.25. The molecule has 30 heavy (non-hydrogen) atoms. The lowest BCUT2D eigenvalue weighted by Gasteiger charge is -2.49. The monoisotopic (exact) mass is 447 g/mol.